The minimum atomic E-state index is -5.68. The van der Waals surface area contributed by atoms with E-state index in [1.807, 2.05) is 0 Å². The maximum absolute atomic E-state index is 10.1. The summed E-state index contributed by atoms with van der Waals surface area (Å²) in [5, 5.41) is 117. The number of carboxylic acids is 9. The first kappa shape index (κ1) is 105. The van der Waals surface area contributed by atoms with E-state index in [9.17, 15) is 175 Å². The van der Waals surface area contributed by atoms with Crippen LogP contribution in [-0.4, -0.2) is 85.8 Å². The molecular formula is C18H15Fe7O42P6. The molecule has 0 amide bonds. The van der Waals surface area contributed by atoms with Crippen LogP contribution >= 0.6 is 46.9 Å². The van der Waals surface area contributed by atoms with Gasteiger partial charge in [0, 0.05) is 74.3 Å². The van der Waals surface area contributed by atoms with Gasteiger partial charge in [-0.2, -0.15) is 0 Å². The second kappa shape index (κ2) is 44.4. The van der Waals surface area contributed by atoms with Gasteiger partial charge in [-0.3, -0.25) is 0 Å². The first-order chi connectivity index (χ1) is 28.5. The zero-order chi connectivity index (χ0) is 55.1. The van der Waals surface area contributed by atoms with Crippen LogP contribution in [0.2, 0.25) is 0 Å². The molecule has 0 bridgehead atoms. The van der Waals surface area contributed by atoms with E-state index in [2.05, 4.69) is 12.9 Å². The van der Waals surface area contributed by atoms with Crippen molar-refractivity contribution in [2.75, 3.05) is 0 Å². The predicted octanol–water partition coefficient (Wildman–Crippen LogP) is -25.8. The number of hydrogen-bond donors (Lipinski definition) is 3. The van der Waals surface area contributed by atoms with Gasteiger partial charge in [0.1, 0.15) is 16.8 Å². The third-order valence-corrected chi connectivity index (χ3v) is 9.16. The molecule has 0 unspecified atom stereocenters. The van der Waals surface area contributed by atoms with Crippen molar-refractivity contribution >= 4 is 101 Å². The molecule has 0 aliphatic carbocycles. The van der Waals surface area contributed by atoms with Crippen molar-refractivity contribution in [3.8, 4) is 0 Å². The van der Waals surface area contributed by atoms with Gasteiger partial charge in [-0.25, -0.2) is 0 Å². The zero-order valence-electron chi connectivity index (χ0n) is 32.7. The summed E-state index contributed by atoms with van der Waals surface area (Å²) in [6, 6.07) is 0. The molecule has 0 heterocycles. The number of hydrogen-bond acceptors (Lipinski definition) is 42. The van der Waals surface area contributed by atoms with Crippen molar-refractivity contribution in [3.05, 3.63) is 0 Å². The maximum Gasteiger partial charge on any atom is 3.00 e. The fraction of sp³-hybridized carbons (Fsp3) is 0.500. The smallest absolute Gasteiger partial charge is 0.790 e. The van der Waals surface area contributed by atoms with E-state index < -0.39 is 156 Å². The summed E-state index contributed by atoms with van der Waals surface area (Å²) in [5.74, 6) is -18.0. The molecule has 7 radical (unpaired) electrons. The third-order valence-electron chi connectivity index (χ3n) is 4.36. The van der Waals surface area contributed by atoms with Crippen LogP contribution in [0.15, 0.2) is 0 Å². The van der Waals surface area contributed by atoms with Crippen molar-refractivity contribution in [1.82, 2.24) is 0 Å². The van der Waals surface area contributed by atoms with Gasteiger partial charge in [-0.1, -0.05) is 0 Å². The number of rotatable bonds is 21. The van der Waals surface area contributed by atoms with Gasteiger partial charge in [0.2, 0.25) is 0 Å². The quantitative estimate of drug-likeness (QED) is 0.0709. The minimum Gasteiger partial charge on any atom is -0.790 e. The fourth-order valence-electron chi connectivity index (χ4n) is 2.42. The van der Waals surface area contributed by atoms with Crippen LogP contribution in [0.25, 0.3) is 0 Å². The van der Waals surface area contributed by atoms with Crippen LogP contribution in [0.1, 0.15) is 38.5 Å². The second-order valence-electron chi connectivity index (χ2n) is 10.2. The van der Waals surface area contributed by atoms with E-state index in [1.54, 1.807) is 0 Å². The van der Waals surface area contributed by atoms with E-state index in [4.69, 9.17) is 15.3 Å². The Balaban J connectivity index is -0.0000000532. The Morgan fingerprint density at radius 3 is 0.384 bits per heavy atom. The Morgan fingerprint density at radius 1 is 0.274 bits per heavy atom. The monoisotopic (exact) mass is 1480 g/mol. The molecule has 425 valence electrons. The molecule has 73 heavy (non-hydrogen) atoms. The van der Waals surface area contributed by atoms with Gasteiger partial charge in [0.05, 0.1) is 64.8 Å². The summed E-state index contributed by atoms with van der Waals surface area (Å²) >= 11 is 0. The van der Waals surface area contributed by atoms with Gasteiger partial charge in [-0.15, -0.1) is 0 Å². The maximum atomic E-state index is 10.1. The van der Waals surface area contributed by atoms with Gasteiger partial charge in [-0.05, 0) is 0 Å². The Labute approximate surface area is 475 Å². The van der Waals surface area contributed by atoms with Crippen molar-refractivity contribution in [2.45, 2.75) is 55.3 Å². The van der Waals surface area contributed by atoms with E-state index in [-0.39, 0.29) is 119 Å². The van der Waals surface area contributed by atoms with Gasteiger partial charge in [0.25, 0.3) is 0 Å². The molecule has 0 saturated carbocycles. The van der Waals surface area contributed by atoms with Crippen molar-refractivity contribution in [1.29, 1.82) is 0 Å². The Kier molecular flexibility index (Phi) is 63.7. The molecule has 0 saturated heterocycles. The van der Waals surface area contributed by atoms with E-state index in [0.717, 1.165) is 0 Å². The normalized spacial score (nSPS) is 10.9. The average molecular weight is 1480 g/mol. The van der Waals surface area contributed by atoms with E-state index in [1.165, 1.54) is 0 Å². The molecule has 55 heteroatoms. The second-order valence-corrected chi connectivity index (χ2v) is 17.5. The first-order valence-corrected chi connectivity index (χ1v) is 22.5. The molecule has 42 nitrogen and oxygen atoms in total. The number of aliphatic carboxylic acids is 9. The van der Waals surface area contributed by atoms with E-state index in [0.29, 0.717) is 0 Å². The molecular weight excluding hydrogens is 1460 g/mol. The molecule has 0 rings (SSSR count). The molecule has 0 aliphatic heterocycles. The summed E-state index contributed by atoms with van der Waals surface area (Å²) < 4.78 is 63.5. The van der Waals surface area contributed by atoms with Crippen LogP contribution in [0, 0.1) is 0 Å². The SMILES string of the molecule is O=C([O-])CC(O)(CC(=O)[O-])C(=O)[O-].O=C([O-])CC(O)(CC(=O)[O-])C(=O)[O-].O=C([O-])CC(O)(CC(=O)[O-])C(=O)[O-].O=P([O-])([O-])OP(=O)([O-])[O-].O=P([O-])([O-])OP(=O)([O-])[O-].O=P([O-])([O-])OP(=O)([O-])[O-].[Fe+3].[Fe+3].[Fe+3].[Fe+3].[Fe+3].[Fe+3].[Fe+3]. The Bertz CT molecular complexity index is 1680. The summed E-state index contributed by atoms with van der Waals surface area (Å²) in [6.07, 6.45) is -8.15. The number of phosphoric acid groups is 6. The number of carboxylic acid groups (broad SMARTS) is 9. The predicted molar refractivity (Wildman–Crippen MR) is 137 cm³/mol. The molecule has 0 fully saturated rings. The van der Waals surface area contributed by atoms with Crippen molar-refractivity contribution < 1.29 is 323 Å². The van der Waals surface area contributed by atoms with Gasteiger partial charge >= 0.3 is 119 Å². The standard InChI is InChI=1S/3C6H8O7.7Fe.3H4O7P2/c3*7-3(8)1-6(13,5(11)12)2-4(9)10;;;;;;;;3*1-8(2,3)7-9(4,5)6/h3*13H,1-2H2,(H,7,8)(H,9,10)(H,11,12);;;;;;;;3*(H2,1,2,3)(H2,4,5,6)/q;;;7*+3;;;/p-21. The van der Waals surface area contributed by atoms with Crippen LogP contribution < -0.4 is 105 Å². The van der Waals surface area contributed by atoms with Crippen molar-refractivity contribution in [3.63, 3.8) is 0 Å². The summed E-state index contributed by atoms with van der Waals surface area (Å²) in [7, 11) is -34.1. The van der Waals surface area contributed by atoms with Crippen LogP contribution in [0.5, 0.6) is 0 Å². The fourth-order valence-corrected chi connectivity index (χ4v) is 5.36. The number of carbonyl (C=O) groups excluding carboxylic acids is 9. The van der Waals surface area contributed by atoms with Crippen molar-refractivity contribution in [2.24, 2.45) is 0 Å². The minimum absolute atomic E-state index is 0. The van der Waals surface area contributed by atoms with Gasteiger partial charge < -0.3 is 203 Å². The molecule has 0 spiro atoms. The largest absolute Gasteiger partial charge is 3.00 e. The molecule has 0 atom stereocenters. The third kappa shape index (κ3) is 80.5. The summed E-state index contributed by atoms with van der Waals surface area (Å²) in [4.78, 5) is 202. The molecule has 0 aromatic heterocycles. The molecule has 3 N–H and O–H groups in total. The topological polar surface area (TPSA) is 829 Å². The molecule has 0 aromatic rings. The van der Waals surface area contributed by atoms with Gasteiger partial charge in [0.15, 0.2) is 0 Å². The number of aliphatic hydroxyl groups is 3. The van der Waals surface area contributed by atoms with Crippen LogP contribution in [-0.2, 0) is 203 Å². The van der Waals surface area contributed by atoms with Crippen LogP contribution in [0.4, 0.5) is 0 Å². The Morgan fingerprint density at radius 2 is 0.356 bits per heavy atom. The first-order valence-electron chi connectivity index (χ1n) is 13.7. The summed E-state index contributed by atoms with van der Waals surface area (Å²) in [6.45, 7) is 0. The number of carbonyl (C=O) groups is 9. The molecule has 0 aliphatic rings. The van der Waals surface area contributed by atoms with Crippen LogP contribution in [0.3, 0.4) is 0 Å². The zero-order valence-corrected chi connectivity index (χ0v) is 45.8. The summed E-state index contributed by atoms with van der Waals surface area (Å²) in [5.41, 5.74) is -8.92. The Hall–Kier alpha value is -0.474. The van der Waals surface area contributed by atoms with E-state index >= 15 is 0 Å². The average Bonchev–Trinajstić information content (AvgIpc) is 2.90. The molecule has 0 aromatic carbocycles.